The summed E-state index contributed by atoms with van der Waals surface area (Å²) < 4.78 is 0. The summed E-state index contributed by atoms with van der Waals surface area (Å²) in [6, 6.07) is 7.15. The summed E-state index contributed by atoms with van der Waals surface area (Å²) in [5.41, 5.74) is 5.79. The molecule has 0 aromatic heterocycles. The van der Waals surface area contributed by atoms with Crippen molar-refractivity contribution in [2.75, 3.05) is 13.1 Å². The Kier molecular flexibility index (Phi) is 10.4. The quantitative estimate of drug-likeness (QED) is 0.339. The van der Waals surface area contributed by atoms with Gasteiger partial charge in [-0.15, -0.1) is 12.4 Å². The Morgan fingerprint density at radius 1 is 1.17 bits per heavy atom. The lowest BCUT2D eigenvalue weighted by atomic mass is 9.74. The van der Waals surface area contributed by atoms with E-state index < -0.39 is 18.6 Å². The molecule has 1 heterocycles. The molecule has 1 fully saturated rings. The average molecular weight is 447 g/mol. The number of halogens is 2. The van der Waals surface area contributed by atoms with Crippen LogP contribution in [0, 0.1) is 5.92 Å². The summed E-state index contributed by atoms with van der Waals surface area (Å²) in [6.45, 7) is 0.970. The first-order chi connectivity index (χ1) is 13.2. The molecule has 1 aromatic carbocycles. The number of likely N-dealkylation sites (tertiary alicyclic amines) is 1. The van der Waals surface area contributed by atoms with Gasteiger partial charge in [-0.1, -0.05) is 36.6 Å². The fourth-order valence-electron chi connectivity index (χ4n) is 3.76. The van der Waals surface area contributed by atoms with Crippen molar-refractivity contribution in [1.82, 2.24) is 4.90 Å². The molecule has 1 aromatic rings. The normalized spacial score (nSPS) is 16.6. The second kappa shape index (κ2) is 11.8. The van der Waals surface area contributed by atoms with E-state index in [4.69, 9.17) is 27.4 Å². The van der Waals surface area contributed by atoms with Crippen LogP contribution in [-0.2, 0) is 16.0 Å². The number of carbonyl (C=O) groups excluding carboxylic acids is 1. The van der Waals surface area contributed by atoms with Gasteiger partial charge in [0, 0.05) is 18.1 Å². The van der Waals surface area contributed by atoms with Gasteiger partial charge in [0.1, 0.15) is 5.54 Å². The van der Waals surface area contributed by atoms with E-state index in [0.29, 0.717) is 43.8 Å². The van der Waals surface area contributed by atoms with Crippen molar-refractivity contribution in [3.63, 3.8) is 0 Å². The van der Waals surface area contributed by atoms with Crippen LogP contribution < -0.4 is 5.73 Å². The van der Waals surface area contributed by atoms with Crippen LogP contribution in [0.1, 0.15) is 37.7 Å². The van der Waals surface area contributed by atoms with Gasteiger partial charge < -0.3 is 25.8 Å². The lowest BCUT2D eigenvalue weighted by Gasteiger charge is -2.40. The van der Waals surface area contributed by atoms with E-state index in [2.05, 4.69) is 0 Å². The molecule has 5 N–H and O–H groups in total. The number of benzene rings is 1. The molecule has 2 rings (SSSR count). The van der Waals surface area contributed by atoms with E-state index in [9.17, 15) is 14.7 Å². The van der Waals surface area contributed by atoms with Crippen molar-refractivity contribution in [3.05, 3.63) is 34.9 Å². The highest BCUT2D eigenvalue weighted by Gasteiger charge is 2.43. The maximum Gasteiger partial charge on any atom is 0.451 e. The number of rotatable bonds is 9. The van der Waals surface area contributed by atoms with Crippen molar-refractivity contribution in [2.45, 2.75) is 50.4 Å². The molecule has 1 atom stereocenters. The molecule has 1 aliphatic rings. The van der Waals surface area contributed by atoms with E-state index in [1.807, 2.05) is 12.1 Å². The zero-order valence-electron chi connectivity index (χ0n) is 16.3. The monoisotopic (exact) mass is 446 g/mol. The maximum absolute atomic E-state index is 12.5. The lowest BCUT2D eigenvalue weighted by molar-refractivity contribution is -0.147. The molecule has 7 nitrogen and oxygen atoms in total. The highest BCUT2D eigenvalue weighted by atomic mass is 35.5. The molecule has 162 valence electrons. The molecular formula is C19H29BCl2N2O5. The van der Waals surface area contributed by atoms with Crippen LogP contribution in [0.25, 0.3) is 0 Å². The predicted octanol–water partition coefficient (Wildman–Crippen LogP) is 1.97. The van der Waals surface area contributed by atoms with Gasteiger partial charge in [-0.3, -0.25) is 9.59 Å². The Hall–Kier alpha value is -1.32. The van der Waals surface area contributed by atoms with Crippen LogP contribution in [-0.4, -0.2) is 57.7 Å². The number of carbonyl (C=O) groups is 2. The van der Waals surface area contributed by atoms with Crippen molar-refractivity contribution in [2.24, 2.45) is 11.7 Å². The minimum absolute atomic E-state index is 0. The third-order valence-corrected chi connectivity index (χ3v) is 5.80. The minimum atomic E-state index is -1.38. The first-order valence-corrected chi connectivity index (χ1v) is 10.0. The van der Waals surface area contributed by atoms with Gasteiger partial charge in [-0.2, -0.15) is 0 Å². The molecule has 1 unspecified atom stereocenters. The minimum Gasteiger partial charge on any atom is -0.480 e. The molecule has 0 aliphatic carbocycles. The van der Waals surface area contributed by atoms with Crippen LogP contribution in [0.5, 0.6) is 0 Å². The van der Waals surface area contributed by atoms with Gasteiger partial charge >= 0.3 is 13.1 Å². The Bertz CT molecular complexity index is 669. The van der Waals surface area contributed by atoms with Crippen molar-refractivity contribution < 1.29 is 24.7 Å². The van der Waals surface area contributed by atoms with E-state index in [1.165, 1.54) is 0 Å². The summed E-state index contributed by atoms with van der Waals surface area (Å²) in [5, 5.41) is 28.1. The Morgan fingerprint density at radius 2 is 1.76 bits per heavy atom. The van der Waals surface area contributed by atoms with Gasteiger partial charge in [0.25, 0.3) is 0 Å². The van der Waals surface area contributed by atoms with Gasteiger partial charge in [-0.25, -0.2) is 0 Å². The van der Waals surface area contributed by atoms with Crippen LogP contribution in [0.15, 0.2) is 24.3 Å². The standard InChI is InChI=1S/C19H28BClN2O5.ClH/c21-16-5-3-14(4-6-16)13-17(24)23-11-7-15(8-12-23)19(22,18(25)26)9-1-2-10-20(27)28;/h3-6,15,27-28H,1-2,7-13,22H2,(H,25,26);1H. The first-order valence-electron chi connectivity index (χ1n) is 9.63. The van der Waals surface area contributed by atoms with Gasteiger partial charge in [0.05, 0.1) is 6.42 Å². The second-order valence-corrected chi connectivity index (χ2v) is 7.97. The van der Waals surface area contributed by atoms with Gasteiger partial charge in [-0.05, 0) is 49.2 Å². The molecule has 10 heteroatoms. The molecule has 1 saturated heterocycles. The summed E-state index contributed by atoms with van der Waals surface area (Å²) in [5.74, 6) is -1.25. The van der Waals surface area contributed by atoms with Gasteiger partial charge in [0.15, 0.2) is 0 Å². The zero-order valence-corrected chi connectivity index (χ0v) is 17.9. The fraction of sp³-hybridized carbons (Fsp3) is 0.579. The molecule has 0 bridgehead atoms. The molecule has 0 spiro atoms. The van der Waals surface area contributed by atoms with Crippen molar-refractivity contribution >= 4 is 43.0 Å². The summed E-state index contributed by atoms with van der Waals surface area (Å²) >= 11 is 5.86. The van der Waals surface area contributed by atoms with Crippen LogP contribution >= 0.6 is 24.0 Å². The maximum atomic E-state index is 12.5. The Labute approximate surface area is 182 Å². The third kappa shape index (κ3) is 7.46. The van der Waals surface area contributed by atoms with E-state index in [1.54, 1.807) is 17.0 Å². The number of unbranched alkanes of at least 4 members (excludes halogenated alkanes) is 1. The highest BCUT2D eigenvalue weighted by Crippen LogP contribution is 2.31. The topological polar surface area (TPSA) is 124 Å². The average Bonchev–Trinajstić information content (AvgIpc) is 2.66. The van der Waals surface area contributed by atoms with Crippen LogP contribution in [0.2, 0.25) is 11.3 Å². The second-order valence-electron chi connectivity index (χ2n) is 7.53. The molecular weight excluding hydrogens is 418 g/mol. The molecule has 1 aliphatic heterocycles. The number of hydrogen-bond acceptors (Lipinski definition) is 5. The number of piperidine rings is 1. The van der Waals surface area contributed by atoms with E-state index in [0.717, 1.165) is 5.56 Å². The lowest BCUT2D eigenvalue weighted by Crippen LogP contribution is -2.57. The van der Waals surface area contributed by atoms with E-state index in [-0.39, 0.29) is 43.4 Å². The molecule has 29 heavy (non-hydrogen) atoms. The molecule has 0 radical (unpaired) electrons. The largest absolute Gasteiger partial charge is 0.480 e. The Morgan fingerprint density at radius 3 is 2.28 bits per heavy atom. The first kappa shape index (κ1) is 25.7. The number of amides is 1. The molecule has 1 amide bonds. The van der Waals surface area contributed by atoms with Crippen LogP contribution in [0.3, 0.4) is 0 Å². The zero-order chi connectivity index (χ0) is 20.7. The number of carboxylic acid groups (broad SMARTS) is 1. The number of hydrogen-bond donors (Lipinski definition) is 4. The summed E-state index contributed by atoms with van der Waals surface area (Å²) in [6.07, 6.45) is 2.86. The number of nitrogens with zero attached hydrogens (tertiary/aromatic N) is 1. The Balaban J connectivity index is 0.00000420. The van der Waals surface area contributed by atoms with Gasteiger partial charge in [0.2, 0.25) is 5.91 Å². The summed E-state index contributed by atoms with van der Waals surface area (Å²) in [4.78, 5) is 26.1. The smallest absolute Gasteiger partial charge is 0.451 e. The molecule has 0 saturated carbocycles. The predicted molar refractivity (Wildman–Crippen MR) is 115 cm³/mol. The third-order valence-electron chi connectivity index (χ3n) is 5.55. The van der Waals surface area contributed by atoms with E-state index >= 15 is 0 Å². The number of aliphatic carboxylic acids is 1. The number of carboxylic acids is 1. The van der Waals surface area contributed by atoms with Crippen molar-refractivity contribution in [3.8, 4) is 0 Å². The SMILES string of the molecule is Cl.NC(CCCCB(O)O)(C(=O)O)C1CCN(C(=O)Cc2ccc(Cl)cc2)CC1. The fourth-order valence-corrected chi connectivity index (χ4v) is 3.89. The highest BCUT2D eigenvalue weighted by molar-refractivity contribution is 6.40. The van der Waals surface area contributed by atoms with Crippen molar-refractivity contribution in [1.29, 1.82) is 0 Å². The van der Waals surface area contributed by atoms with Crippen LogP contribution in [0.4, 0.5) is 0 Å². The number of nitrogens with two attached hydrogens (primary N) is 1. The summed E-state index contributed by atoms with van der Waals surface area (Å²) in [7, 11) is -1.38.